The van der Waals surface area contributed by atoms with E-state index in [0.717, 1.165) is 10.5 Å². The summed E-state index contributed by atoms with van der Waals surface area (Å²) in [6, 6.07) is 13.9. The van der Waals surface area contributed by atoms with Gasteiger partial charge in [0.15, 0.2) is 11.5 Å². The van der Waals surface area contributed by atoms with E-state index in [1.807, 2.05) is 12.3 Å². The Hall–Kier alpha value is -3.22. The van der Waals surface area contributed by atoms with Gasteiger partial charge < -0.3 is 25.7 Å². The van der Waals surface area contributed by atoms with E-state index in [0.29, 0.717) is 22.8 Å². The third-order valence-electron chi connectivity index (χ3n) is 4.96. The van der Waals surface area contributed by atoms with Crippen LogP contribution in [0.5, 0.6) is 23.1 Å². The number of nitrogens with two attached hydrogens (primary N) is 2. The van der Waals surface area contributed by atoms with Gasteiger partial charge >= 0.3 is 0 Å². The summed E-state index contributed by atoms with van der Waals surface area (Å²) in [5.74, 6) is 1.99. The number of aromatic nitrogens is 1. The van der Waals surface area contributed by atoms with E-state index in [2.05, 4.69) is 35.3 Å². The summed E-state index contributed by atoms with van der Waals surface area (Å²) < 4.78 is 17.0. The summed E-state index contributed by atoms with van der Waals surface area (Å²) in [7, 11) is 3.14. The molecule has 31 heavy (non-hydrogen) atoms. The Morgan fingerprint density at radius 1 is 1.06 bits per heavy atom. The van der Waals surface area contributed by atoms with Gasteiger partial charge in [-0.05, 0) is 36.6 Å². The summed E-state index contributed by atoms with van der Waals surface area (Å²) >= 11 is 3.26. The minimum Gasteiger partial charge on any atom is -0.493 e. The number of fused-ring (bicyclic) bond motifs is 2. The SMILES string of the molecule is COc1cc2c(cc1OC)C(Sc1ccc(SC)cc1)c1c(nc(N)c(C#N)c1N)O2. The van der Waals surface area contributed by atoms with Gasteiger partial charge in [0.1, 0.15) is 23.2 Å². The number of hydrogen-bond donors (Lipinski definition) is 2. The molecule has 4 N–H and O–H groups in total. The lowest BCUT2D eigenvalue weighted by Gasteiger charge is -2.29. The third-order valence-corrected chi connectivity index (χ3v) is 6.97. The average molecular weight is 453 g/mol. The Labute approximate surface area is 188 Å². The van der Waals surface area contributed by atoms with Gasteiger partial charge in [0.05, 0.1) is 30.7 Å². The standard InChI is InChI=1S/C22H20N4O3S2/c1-27-16-8-13-15(9-17(16)28-2)29-22-18(19(24)14(10-23)21(25)26-22)20(13)31-12-6-4-11(30-3)5-7-12/h4-9,20H,1-3H3,(H4,24,25,26). The van der Waals surface area contributed by atoms with Gasteiger partial charge in [-0.2, -0.15) is 10.2 Å². The number of nitriles is 1. The molecule has 0 amide bonds. The summed E-state index contributed by atoms with van der Waals surface area (Å²) in [5.41, 5.74) is 14.2. The maximum Gasteiger partial charge on any atom is 0.228 e. The van der Waals surface area contributed by atoms with Crippen molar-refractivity contribution in [1.29, 1.82) is 5.26 Å². The highest BCUT2D eigenvalue weighted by Gasteiger charge is 2.35. The zero-order valence-electron chi connectivity index (χ0n) is 17.1. The second-order valence-electron chi connectivity index (χ2n) is 6.64. The molecule has 0 spiro atoms. The number of nitrogen functional groups attached to an aromatic ring is 2. The number of methoxy groups -OCH3 is 2. The van der Waals surface area contributed by atoms with Gasteiger partial charge in [-0.25, -0.2) is 0 Å². The molecule has 4 rings (SSSR count). The maximum absolute atomic E-state index is 9.54. The predicted molar refractivity (Wildman–Crippen MR) is 123 cm³/mol. The molecule has 0 aliphatic carbocycles. The molecule has 0 radical (unpaired) electrons. The van der Waals surface area contributed by atoms with Gasteiger partial charge in [0.25, 0.3) is 0 Å². The molecule has 0 fully saturated rings. The fourth-order valence-electron chi connectivity index (χ4n) is 3.40. The summed E-state index contributed by atoms with van der Waals surface area (Å²) in [4.78, 5) is 6.53. The lowest BCUT2D eigenvalue weighted by molar-refractivity contribution is 0.349. The van der Waals surface area contributed by atoms with Crippen molar-refractivity contribution in [1.82, 2.24) is 4.98 Å². The van der Waals surface area contributed by atoms with E-state index in [9.17, 15) is 5.26 Å². The highest BCUT2D eigenvalue weighted by Crippen LogP contribution is 2.55. The van der Waals surface area contributed by atoms with Crippen molar-refractivity contribution in [2.45, 2.75) is 15.0 Å². The van der Waals surface area contributed by atoms with Crippen LogP contribution in [0.2, 0.25) is 0 Å². The van der Waals surface area contributed by atoms with Crippen LogP contribution in [-0.2, 0) is 0 Å². The van der Waals surface area contributed by atoms with Gasteiger partial charge in [-0.1, -0.05) is 0 Å². The summed E-state index contributed by atoms with van der Waals surface area (Å²) in [6.07, 6.45) is 2.03. The molecule has 3 aromatic rings. The van der Waals surface area contributed by atoms with E-state index in [1.165, 1.54) is 4.90 Å². The van der Waals surface area contributed by atoms with Crippen molar-refractivity contribution in [3.05, 3.63) is 53.1 Å². The Morgan fingerprint density at radius 3 is 2.32 bits per heavy atom. The van der Waals surface area contributed by atoms with Crippen LogP contribution in [0.1, 0.15) is 21.9 Å². The number of anilines is 2. The molecule has 1 atom stereocenters. The van der Waals surface area contributed by atoms with Gasteiger partial charge in [-0.15, -0.1) is 23.5 Å². The maximum atomic E-state index is 9.54. The fourth-order valence-corrected chi connectivity index (χ4v) is 5.03. The Balaban J connectivity index is 1.91. The molecule has 2 aromatic carbocycles. The molecule has 1 unspecified atom stereocenters. The van der Waals surface area contributed by atoms with Crippen molar-refractivity contribution in [2.24, 2.45) is 0 Å². The normalized spacial score (nSPS) is 14.1. The molecule has 0 bridgehead atoms. The number of benzene rings is 2. The molecule has 7 nitrogen and oxygen atoms in total. The van der Waals surface area contributed by atoms with Crippen molar-refractivity contribution < 1.29 is 14.2 Å². The second-order valence-corrected chi connectivity index (χ2v) is 8.70. The van der Waals surface area contributed by atoms with E-state index < -0.39 is 0 Å². The number of rotatable bonds is 5. The van der Waals surface area contributed by atoms with Crippen LogP contribution in [0.25, 0.3) is 0 Å². The monoisotopic (exact) mass is 452 g/mol. The number of pyridine rings is 1. The predicted octanol–water partition coefficient (Wildman–Crippen LogP) is 4.84. The smallest absolute Gasteiger partial charge is 0.228 e. The molecular formula is C22H20N4O3S2. The Kier molecular flexibility index (Phi) is 5.76. The van der Waals surface area contributed by atoms with Crippen molar-refractivity contribution in [3.8, 4) is 29.2 Å². The molecular weight excluding hydrogens is 432 g/mol. The van der Waals surface area contributed by atoms with Crippen molar-refractivity contribution in [3.63, 3.8) is 0 Å². The molecule has 1 aliphatic heterocycles. The molecule has 2 heterocycles. The second kappa shape index (κ2) is 8.49. The first-order valence-electron chi connectivity index (χ1n) is 9.24. The lowest BCUT2D eigenvalue weighted by Crippen LogP contribution is -2.15. The molecule has 0 saturated carbocycles. The van der Waals surface area contributed by atoms with E-state index in [-0.39, 0.29) is 28.2 Å². The Morgan fingerprint density at radius 2 is 1.71 bits per heavy atom. The minimum absolute atomic E-state index is 0.0377. The van der Waals surface area contributed by atoms with Crippen molar-refractivity contribution in [2.75, 3.05) is 31.9 Å². The van der Waals surface area contributed by atoms with Crippen LogP contribution < -0.4 is 25.7 Å². The number of ether oxygens (including phenoxy) is 3. The van der Waals surface area contributed by atoms with E-state index >= 15 is 0 Å². The molecule has 1 aliphatic rings. The average Bonchev–Trinajstić information content (AvgIpc) is 2.78. The number of nitrogens with zero attached hydrogens (tertiary/aromatic N) is 2. The van der Waals surface area contributed by atoms with Crippen LogP contribution in [-0.4, -0.2) is 25.5 Å². The van der Waals surface area contributed by atoms with E-state index in [4.69, 9.17) is 25.7 Å². The number of hydrogen-bond acceptors (Lipinski definition) is 9. The first-order valence-corrected chi connectivity index (χ1v) is 11.3. The van der Waals surface area contributed by atoms with Crippen LogP contribution in [0.4, 0.5) is 11.5 Å². The molecule has 158 valence electrons. The summed E-state index contributed by atoms with van der Waals surface area (Å²) in [5, 5.41) is 9.25. The largest absolute Gasteiger partial charge is 0.493 e. The third kappa shape index (κ3) is 3.69. The highest BCUT2D eigenvalue weighted by molar-refractivity contribution is 8.00. The molecule has 0 saturated heterocycles. The molecule has 1 aromatic heterocycles. The van der Waals surface area contributed by atoms with Crippen LogP contribution in [0, 0.1) is 11.3 Å². The zero-order valence-corrected chi connectivity index (χ0v) is 18.8. The first kappa shape index (κ1) is 21.0. The van der Waals surface area contributed by atoms with E-state index in [1.54, 1.807) is 43.8 Å². The highest BCUT2D eigenvalue weighted by atomic mass is 32.2. The van der Waals surface area contributed by atoms with Gasteiger partial charge in [0.2, 0.25) is 5.88 Å². The lowest BCUT2D eigenvalue weighted by atomic mass is 9.98. The summed E-state index contributed by atoms with van der Waals surface area (Å²) in [6.45, 7) is 0. The minimum atomic E-state index is -0.293. The zero-order chi connectivity index (χ0) is 22.1. The van der Waals surface area contributed by atoms with Crippen LogP contribution in [0.15, 0.2) is 46.2 Å². The number of thioether (sulfide) groups is 2. The van der Waals surface area contributed by atoms with Crippen LogP contribution >= 0.6 is 23.5 Å². The topological polar surface area (TPSA) is 116 Å². The van der Waals surface area contributed by atoms with Crippen molar-refractivity contribution >= 4 is 35.0 Å². The van der Waals surface area contributed by atoms with Gasteiger partial charge in [0, 0.05) is 21.4 Å². The van der Waals surface area contributed by atoms with Gasteiger partial charge in [-0.3, -0.25) is 0 Å². The Bertz CT molecular complexity index is 1190. The van der Waals surface area contributed by atoms with Crippen LogP contribution in [0.3, 0.4) is 0 Å². The quantitative estimate of drug-likeness (QED) is 0.524. The molecule has 9 heteroatoms. The first-order chi connectivity index (χ1) is 15.0. The fraction of sp³-hybridized carbons (Fsp3) is 0.182.